The van der Waals surface area contributed by atoms with E-state index in [-0.39, 0.29) is 11.6 Å². The lowest BCUT2D eigenvalue weighted by atomic mass is 10.1. The minimum absolute atomic E-state index is 0.0777. The molecule has 0 aromatic carbocycles. The van der Waals surface area contributed by atoms with Crippen molar-refractivity contribution in [3.8, 4) is 11.3 Å². The maximum absolute atomic E-state index is 13.1. The lowest BCUT2D eigenvalue weighted by Gasteiger charge is -2.30. The second-order valence-electron chi connectivity index (χ2n) is 7.00. The molecule has 3 N–H and O–H groups in total. The van der Waals surface area contributed by atoms with E-state index in [2.05, 4.69) is 20.4 Å². The average Bonchev–Trinajstić information content (AvgIpc) is 3.19. The van der Waals surface area contributed by atoms with Gasteiger partial charge in [-0.25, -0.2) is 27.2 Å². The van der Waals surface area contributed by atoms with Gasteiger partial charge in [0.1, 0.15) is 5.82 Å². The maximum Gasteiger partial charge on any atom is 0.419 e. The van der Waals surface area contributed by atoms with Crippen molar-refractivity contribution in [2.24, 2.45) is 0 Å². The fourth-order valence-electron chi connectivity index (χ4n) is 3.25. The molecule has 14 heteroatoms. The van der Waals surface area contributed by atoms with Crippen LogP contribution in [0.5, 0.6) is 0 Å². The van der Waals surface area contributed by atoms with E-state index < -0.39 is 27.6 Å². The third kappa shape index (κ3) is 4.20. The summed E-state index contributed by atoms with van der Waals surface area (Å²) < 4.78 is 65.3. The molecule has 4 rings (SSSR count). The molecular weight excluding hydrogens is 443 g/mol. The molecule has 3 aromatic heterocycles. The highest BCUT2D eigenvalue weighted by molar-refractivity contribution is 7.88. The number of nitrogens with two attached hydrogens (primary N) is 1. The molecule has 0 spiro atoms. The highest BCUT2D eigenvalue weighted by Gasteiger charge is 2.34. The molecule has 3 aromatic rings. The number of nitrogen functional groups attached to an aromatic ring is 1. The molecule has 9 nitrogen and oxygen atoms in total. The van der Waals surface area contributed by atoms with Crippen LogP contribution in [-0.4, -0.2) is 57.7 Å². The first kappa shape index (κ1) is 20.8. The number of rotatable bonds is 4. The van der Waals surface area contributed by atoms with Gasteiger partial charge in [0.2, 0.25) is 20.1 Å². The summed E-state index contributed by atoms with van der Waals surface area (Å²) >= 11 is 1.26. The Balaban J connectivity index is 1.49. The molecule has 1 fully saturated rings. The van der Waals surface area contributed by atoms with Gasteiger partial charge in [-0.05, 0) is 18.9 Å². The Morgan fingerprint density at radius 3 is 2.60 bits per heavy atom. The monoisotopic (exact) mass is 461 g/mol. The number of sulfonamides is 1. The zero-order valence-electron chi connectivity index (χ0n) is 15.7. The number of imidazole rings is 1. The van der Waals surface area contributed by atoms with Crippen LogP contribution in [0.25, 0.3) is 16.2 Å². The van der Waals surface area contributed by atoms with Gasteiger partial charge in [0.15, 0.2) is 0 Å². The predicted molar refractivity (Wildman–Crippen MR) is 107 cm³/mol. The Bertz CT molecular complexity index is 1150. The van der Waals surface area contributed by atoms with Gasteiger partial charge in [-0.1, -0.05) is 11.3 Å². The number of pyridine rings is 1. The summed E-state index contributed by atoms with van der Waals surface area (Å²) in [5.74, 6) is -0.584. The Kier molecular flexibility index (Phi) is 5.10. The van der Waals surface area contributed by atoms with Gasteiger partial charge in [-0.15, -0.1) is 5.10 Å². The molecular formula is C16H18F3N7O2S2. The third-order valence-electron chi connectivity index (χ3n) is 4.81. The summed E-state index contributed by atoms with van der Waals surface area (Å²) in [6, 6.07) is 0.998. The summed E-state index contributed by atoms with van der Waals surface area (Å²) in [5.41, 5.74) is 4.83. The van der Waals surface area contributed by atoms with Crippen LogP contribution < -0.4 is 11.1 Å². The van der Waals surface area contributed by atoms with Crippen molar-refractivity contribution in [1.29, 1.82) is 0 Å². The van der Waals surface area contributed by atoms with Crippen LogP contribution in [0.2, 0.25) is 0 Å². The van der Waals surface area contributed by atoms with E-state index in [1.807, 2.05) is 0 Å². The molecule has 1 aliphatic rings. The Morgan fingerprint density at radius 1 is 1.30 bits per heavy atom. The number of hydrogen-bond acceptors (Lipinski definition) is 8. The van der Waals surface area contributed by atoms with Crippen molar-refractivity contribution in [3.63, 3.8) is 0 Å². The van der Waals surface area contributed by atoms with E-state index in [0.717, 1.165) is 6.07 Å². The fourth-order valence-corrected chi connectivity index (χ4v) is 4.98. The van der Waals surface area contributed by atoms with Gasteiger partial charge < -0.3 is 11.1 Å². The summed E-state index contributed by atoms with van der Waals surface area (Å²) in [6.07, 6.45) is 0.659. The topological polar surface area (TPSA) is 119 Å². The number of hydrogen-bond donors (Lipinski definition) is 2. The number of anilines is 2. The number of alkyl halides is 3. The highest BCUT2D eigenvalue weighted by Crippen LogP contribution is 2.35. The van der Waals surface area contributed by atoms with Crippen LogP contribution in [0, 0.1) is 0 Å². The number of halogens is 3. The molecule has 0 aliphatic carbocycles. The normalized spacial score (nSPS) is 16.9. The summed E-state index contributed by atoms with van der Waals surface area (Å²) in [6.45, 7) is 0.879. The zero-order chi connectivity index (χ0) is 21.7. The Hall–Kier alpha value is -2.45. The van der Waals surface area contributed by atoms with Crippen molar-refractivity contribution in [2.45, 2.75) is 25.1 Å². The van der Waals surface area contributed by atoms with E-state index in [9.17, 15) is 21.6 Å². The van der Waals surface area contributed by atoms with Gasteiger partial charge >= 0.3 is 6.18 Å². The standard InChI is InChI=1S/C16H18F3N7O2S2/c1-30(27,28)25-4-2-10(3-5-25)22-14-24-26-8-12(23-15(26)29-14)9-6-11(16(17,18)19)13(20)21-7-9/h6-8,10H,2-5H2,1H3,(H2,20,21)(H,22,24). The quantitative estimate of drug-likeness (QED) is 0.612. The predicted octanol–water partition coefficient (Wildman–Crippen LogP) is 2.29. The average molecular weight is 461 g/mol. The van der Waals surface area contributed by atoms with Crippen molar-refractivity contribution in [2.75, 3.05) is 30.4 Å². The minimum Gasteiger partial charge on any atom is -0.383 e. The molecule has 4 heterocycles. The number of nitrogens with zero attached hydrogens (tertiary/aromatic N) is 5. The molecule has 0 radical (unpaired) electrons. The number of fused-ring (bicyclic) bond motifs is 1. The van der Waals surface area contributed by atoms with Crippen LogP contribution in [0.4, 0.5) is 24.1 Å². The molecule has 0 amide bonds. The van der Waals surface area contributed by atoms with Gasteiger partial charge in [0.05, 0.1) is 23.7 Å². The molecule has 0 bridgehead atoms. The van der Waals surface area contributed by atoms with Crippen molar-refractivity contribution >= 4 is 37.3 Å². The Morgan fingerprint density at radius 2 is 2.00 bits per heavy atom. The molecule has 1 aliphatic heterocycles. The lowest BCUT2D eigenvalue weighted by molar-refractivity contribution is -0.137. The molecule has 162 valence electrons. The fraction of sp³-hybridized carbons (Fsp3) is 0.438. The van der Waals surface area contributed by atoms with E-state index in [4.69, 9.17) is 5.73 Å². The minimum atomic E-state index is -4.60. The van der Waals surface area contributed by atoms with Crippen LogP contribution in [0.3, 0.4) is 0 Å². The van der Waals surface area contributed by atoms with E-state index in [0.29, 0.717) is 41.7 Å². The zero-order valence-corrected chi connectivity index (χ0v) is 17.4. The second kappa shape index (κ2) is 7.35. The van der Waals surface area contributed by atoms with E-state index in [1.165, 1.54) is 38.8 Å². The van der Waals surface area contributed by atoms with Crippen molar-refractivity contribution in [1.82, 2.24) is 23.9 Å². The van der Waals surface area contributed by atoms with Crippen LogP contribution in [0.1, 0.15) is 18.4 Å². The summed E-state index contributed by atoms with van der Waals surface area (Å²) in [4.78, 5) is 8.47. The lowest BCUT2D eigenvalue weighted by Crippen LogP contribution is -2.41. The largest absolute Gasteiger partial charge is 0.419 e. The molecule has 0 unspecified atom stereocenters. The van der Waals surface area contributed by atoms with Crippen LogP contribution in [0.15, 0.2) is 18.5 Å². The van der Waals surface area contributed by atoms with E-state index in [1.54, 1.807) is 0 Å². The molecule has 30 heavy (non-hydrogen) atoms. The van der Waals surface area contributed by atoms with Crippen molar-refractivity contribution in [3.05, 3.63) is 24.0 Å². The molecule has 1 saturated heterocycles. The van der Waals surface area contributed by atoms with Gasteiger partial charge in [-0.2, -0.15) is 13.2 Å². The summed E-state index contributed by atoms with van der Waals surface area (Å²) in [7, 11) is -3.18. The summed E-state index contributed by atoms with van der Waals surface area (Å²) in [5, 5.41) is 8.25. The second-order valence-corrected chi connectivity index (χ2v) is 9.93. The first-order valence-corrected chi connectivity index (χ1v) is 11.6. The first-order valence-electron chi connectivity index (χ1n) is 8.91. The Labute approximate surface area is 173 Å². The van der Waals surface area contributed by atoms with Crippen LogP contribution in [-0.2, 0) is 16.2 Å². The van der Waals surface area contributed by atoms with Gasteiger partial charge in [0.25, 0.3) is 0 Å². The first-order chi connectivity index (χ1) is 14.0. The molecule has 0 atom stereocenters. The maximum atomic E-state index is 13.1. The van der Waals surface area contributed by atoms with Gasteiger partial charge in [0, 0.05) is 30.9 Å². The van der Waals surface area contributed by atoms with Crippen LogP contribution >= 0.6 is 11.3 Å². The third-order valence-corrected chi connectivity index (χ3v) is 6.97. The van der Waals surface area contributed by atoms with E-state index >= 15 is 0 Å². The molecule has 0 saturated carbocycles. The number of nitrogens with one attached hydrogen (secondary N) is 1. The highest BCUT2D eigenvalue weighted by atomic mass is 32.2. The van der Waals surface area contributed by atoms with Crippen molar-refractivity contribution < 1.29 is 21.6 Å². The smallest absolute Gasteiger partial charge is 0.383 e. The number of piperidine rings is 1. The number of aromatic nitrogens is 4. The van der Waals surface area contributed by atoms with Gasteiger partial charge in [-0.3, -0.25) is 0 Å². The SMILES string of the molecule is CS(=O)(=O)N1CCC(Nc2nn3cc(-c4cnc(N)c(C(F)(F)F)c4)nc3s2)CC1.